The molecule has 0 saturated carbocycles. The van der Waals surface area contributed by atoms with E-state index in [-0.39, 0.29) is 5.82 Å². The minimum absolute atomic E-state index is 0.260. The summed E-state index contributed by atoms with van der Waals surface area (Å²) in [6.45, 7) is 3.14. The van der Waals surface area contributed by atoms with Crippen LogP contribution in [0.5, 0.6) is 5.75 Å². The summed E-state index contributed by atoms with van der Waals surface area (Å²) in [6.07, 6.45) is 3.35. The van der Waals surface area contributed by atoms with Crippen LogP contribution >= 0.6 is 11.3 Å². The molecule has 0 aliphatic rings. The summed E-state index contributed by atoms with van der Waals surface area (Å²) in [6, 6.07) is 15.1. The van der Waals surface area contributed by atoms with Crippen LogP contribution in [0.2, 0.25) is 0 Å². The highest BCUT2D eigenvalue weighted by atomic mass is 32.1. The summed E-state index contributed by atoms with van der Waals surface area (Å²) in [5.41, 5.74) is 4.44. The minimum Gasteiger partial charge on any atom is -0.496 e. The smallest absolute Gasteiger partial charge is 0.147 e. The van der Waals surface area contributed by atoms with E-state index in [9.17, 15) is 4.39 Å². The van der Waals surface area contributed by atoms with E-state index >= 15 is 0 Å². The SMILES string of the molecule is COc1ccc(F)c2c1cc(C)n2CCNc1cc(-c2ccc(-c3nccs3)cc2)ncn1. The molecule has 1 N–H and O–H groups in total. The van der Waals surface area contributed by atoms with E-state index in [1.807, 2.05) is 53.3 Å². The quantitative estimate of drug-likeness (QED) is 0.334. The molecule has 2 aromatic carbocycles. The number of fused-ring (bicyclic) bond motifs is 1. The summed E-state index contributed by atoms with van der Waals surface area (Å²) in [5, 5.41) is 7.07. The Hall–Kier alpha value is -3.78. The lowest BCUT2D eigenvalue weighted by molar-refractivity contribution is 0.419. The maximum absolute atomic E-state index is 14.6. The average molecular weight is 460 g/mol. The van der Waals surface area contributed by atoms with E-state index < -0.39 is 0 Å². The van der Waals surface area contributed by atoms with Crippen LogP contribution in [0.4, 0.5) is 10.2 Å². The van der Waals surface area contributed by atoms with Gasteiger partial charge in [0.05, 0.1) is 18.3 Å². The Labute approximate surface area is 194 Å². The van der Waals surface area contributed by atoms with Gasteiger partial charge in [-0.3, -0.25) is 0 Å². The predicted octanol–water partition coefficient (Wildman–Crippen LogP) is 5.79. The molecule has 8 heteroatoms. The minimum atomic E-state index is -0.260. The second-order valence-electron chi connectivity index (χ2n) is 7.58. The third kappa shape index (κ3) is 4.17. The second kappa shape index (κ2) is 8.99. The van der Waals surface area contributed by atoms with Gasteiger partial charge in [-0.1, -0.05) is 24.3 Å². The number of hydrogen-bond acceptors (Lipinski definition) is 6. The van der Waals surface area contributed by atoms with Gasteiger partial charge >= 0.3 is 0 Å². The van der Waals surface area contributed by atoms with E-state index in [4.69, 9.17) is 4.74 Å². The molecule has 5 rings (SSSR count). The van der Waals surface area contributed by atoms with Gasteiger partial charge < -0.3 is 14.6 Å². The van der Waals surface area contributed by atoms with Crippen LogP contribution in [0.1, 0.15) is 5.69 Å². The van der Waals surface area contributed by atoms with E-state index in [2.05, 4.69) is 20.3 Å². The zero-order valence-electron chi connectivity index (χ0n) is 18.2. The number of aromatic nitrogens is 4. The maximum Gasteiger partial charge on any atom is 0.147 e. The van der Waals surface area contributed by atoms with Gasteiger partial charge in [0.1, 0.15) is 28.7 Å². The molecule has 3 aromatic heterocycles. The number of anilines is 1. The first kappa shape index (κ1) is 21.1. The Balaban J connectivity index is 1.31. The molecule has 0 atom stereocenters. The summed E-state index contributed by atoms with van der Waals surface area (Å²) < 4.78 is 21.9. The van der Waals surface area contributed by atoms with Crippen LogP contribution in [0.25, 0.3) is 32.7 Å². The molecule has 0 saturated heterocycles. The lowest BCUT2D eigenvalue weighted by Gasteiger charge is -2.12. The summed E-state index contributed by atoms with van der Waals surface area (Å²) >= 11 is 1.61. The number of aryl methyl sites for hydroxylation is 1. The van der Waals surface area contributed by atoms with Crippen LogP contribution in [0.15, 0.2) is 66.4 Å². The van der Waals surface area contributed by atoms with Crippen molar-refractivity contribution in [3.8, 4) is 27.6 Å². The molecule has 33 heavy (non-hydrogen) atoms. The maximum atomic E-state index is 14.6. The van der Waals surface area contributed by atoms with Gasteiger partial charge in [-0.15, -0.1) is 11.3 Å². The largest absolute Gasteiger partial charge is 0.496 e. The highest BCUT2D eigenvalue weighted by Gasteiger charge is 2.14. The molecule has 5 aromatic rings. The molecular formula is C25H22FN5OS. The summed E-state index contributed by atoms with van der Waals surface area (Å²) in [4.78, 5) is 13.1. The van der Waals surface area contributed by atoms with Crippen LogP contribution in [0, 0.1) is 12.7 Å². The fraction of sp³-hybridized carbons (Fsp3) is 0.160. The van der Waals surface area contributed by atoms with E-state index in [1.54, 1.807) is 37.0 Å². The van der Waals surface area contributed by atoms with Gasteiger partial charge in [-0.2, -0.15) is 0 Å². The Morgan fingerprint density at radius 3 is 2.61 bits per heavy atom. The first-order valence-corrected chi connectivity index (χ1v) is 11.4. The number of hydrogen-bond donors (Lipinski definition) is 1. The fourth-order valence-electron chi connectivity index (χ4n) is 3.96. The number of benzene rings is 2. The monoisotopic (exact) mass is 459 g/mol. The predicted molar refractivity (Wildman–Crippen MR) is 130 cm³/mol. The Kier molecular flexibility index (Phi) is 5.75. The Morgan fingerprint density at radius 1 is 1.03 bits per heavy atom. The number of methoxy groups -OCH3 is 1. The Bertz CT molecular complexity index is 1400. The second-order valence-corrected chi connectivity index (χ2v) is 8.47. The zero-order valence-corrected chi connectivity index (χ0v) is 19.1. The molecule has 0 unspecified atom stereocenters. The molecule has 166 valence electrons. The molecule has 0 aliphatic carbocycles. The first-order valence-electron chi connectivity index (χ1n) is 10.5. The fourth-order valence-corrected chi connectivity index (χ4v) is 4.61. The van der Waals surface area contributed by atoms with Crippen molar-refractivity contribution in [2.24, 2.45) is 0 Å². The molecule has 0 amide bonds. The molecular weight excluding hydrogens is 437 g/mol. The first-order chi connectivity index (χ1) is 16.1. The molecule has 0 spiro atoms. The summed E-state index contributed by atoms with van der Waals surface area (Å²) in [7, 11) is 1.60. The van der Waals surface area contributed by atoms with Crippen LogP contribution < -0.4 is 10.1 Å². The number of ether oxygens (including phenoxy) is 1. The number of rotatable bonds is 7. The lowest BCUT2D eigenvalue weighted by atomic mass is 10.1. The van der Waals surface area contributed by atoms with Gasteiger partial charge in [0, 0.05) is 52.9 Å². The van der Waals surface area contributed by atoms with Gasteiger partial charge in [0.25, 0.3) is 0 Å². The van der Waals surface area contributed by atoms with Crippen molar-refractivity contribution in [1.82, 2.24) is 19.5 Å². The number of thiazole rings is 1. The highest BCUT2D eigenvalue weighted by molar-refractivity contribution is 7.13. The third-order valence-corrected chi connectivity index (χ3v) is 6.39. The van der Waals surface area contributed by atoms with E-state index in [0.717, 1.165) is 38.7 Å². The highest BCUT2D eigenvalue weighted by Crippen LogP contribution is 2.31. The van der Waals surface area contributed by atoms with Gasteiger partial charge in [-0.05, 0) is 25.1 Å². The third-order valence-electron chi connectivity index (χ3n) is 5.57. The van der Waals surface area contributed by atoms with Crippen molar-refractivity contribution in [3.63, 3.8) is 0 Å². The normalized spacial score (nSPS) is 11.1. The van der Waals surface area contributed by atoms with Crippen molar-refractivity contribution < 1.29 is 9.13 Å². The van der Waals surface area contributed by atoms with Gasteiger partial charge in [0.2, 0.25) is 0 Å². The summed E-state index contributed by atoms with van der Waals surface area (Å²) in [5.74, 6) is 1.13. The lowest BCUT2D eigenvalue weighted by Crippen LogP contribution is -2.13. The number of nitrogens with zero attached hydrogens (tertiary/aromatic N) is 4. The molecule has 0 bridgehead atoms. The van der Waals surface area contributed by atoms with Crippen LogP contribution in [-0.2, 0) is 6.54 Å². The van der Waals surface area contributed by atoms with E-state index in [1.165, 1.54) is 6.07 Å². The van der Waals surface area contributed by atoms with Crippen molar-refractivity contribution in [1.29, 1.82) is 0 Å². The molecule has 0 radical (unpaired) electrons. The number of halogens is 1. The number of nitrogens with one attached hydrogen (secondary N) is 1. The standard InChI is InChI=1S/C25H22FN5OS/c1-16-13-19-22(32-2)8-7-20(26)24(19)31(16)11-9-27-23-14-21(29-15-30-23)17-3-5-18(6-4-17)25-28-10-12-33-25/h3-8,10,12-15H,9,11H2,1-2H3,(H,27,29,30). The van der Waals surface area contributed by atoms with E-state index in [0.29, 0.717) is 24.4 Å². The molecule has 0 fully saturated rings. The van der Waals surface area contributed by atoms with Crippen LogP contribution in [-0.4, -0.2) is 33.2 Å². The topological polar surface area (TPSA) is 64.9 Å². The van der Waals surface area contributed by atoms with Crippen molar-refractivity contribution in [3.05, 3.63) is 77.9 Å². The van der Waals surface area contributed by atoms with Crippen molar-refractivity contribution >= 4 is 28.1 Å². The zero-order chi connectivity index (χ0) is 22.8. The molecule has 3 heterocycles. The molecule has 0 aliphatic heterocycles. The average Bonchev–Trinajstić information content (AvgIpc) is 3.49. The Morgan fingerprint density at radius 2 is 1.85 bits per heavy atom. The van der Waals surface area contributed by atoms with Gasteiger partial charge in [-0.25, -0.2) is 19.3 Å². The van der Waals surface area contributed by atoms with Crippen LogP contribution in [0.3, 0.4) is 0 Å². The molecule has 6 nitrogen and oxygen atoms in total. The van der Waals surface area contributed by atoms with Gasteiger partial charge in [0.15, 0.2) is 0 Å². The van der Waals surface area contributed by atoms with Crippen molar-refractivity contribution in [2.75, 3.05) is 19.0 Å². The van der Waals surface area contributed by atoms with Crippen molar-refractivity contribution in [2.45, 2.75) is 13.5 Å².